The predicted molar refractivity (Wildman–Crippen MR) is 62.9 cm³/mol. The van der Waals surface area contributed by atoms with Crippen LogP contribution in [0.15, 0.2) is 0 Å². The first-order valence-corrected chi connectivity index (χ1v) is 6.63. The molecule has 16 heavy (non-hydrogen) atoms. The fourth-order valence-corrected chi connectivity index (χ4v) is 3.43. The molecule has 4 atom stereocenters. The van der Waals surface area contributed by atoms with Crippen LogP contribution in [-0.4, -0.2) is 23.7 Å². The lowest BCUT2D eigenvalue weighted by molar-refractivity contribution is -0.123. The third-order valence-corrected chi connectivity index (χ3v) is 4.41. The van der Waals surface area contributed by atoms with Crippen molar-refractivity contribution in [2.45, 2.75) is 51.5 Å². The highest BCUT2D eigenvalue weighted by molar-refractivity contribution is 5.76. The van der Waals surface area contributed by atoms with Gasteiger partial charge >= 0.3 is 0 Å². The van der Waals surface area contributed by atoms with E-state index in [2.05, 4.69) is 5.32 Å². The number of aliphatic hydroxyl groups is 1. The van der Waals surface area contributed by atoms with Gasteiger partial charge in [0.05, 0.1) is 12.6 Å². The van der Waals surface area contributed by atoms with Gasteiger partial charge in [-0.05, 0) is 43.4 Å². The number of hydrogen-bond donors (Lipinski definition) is 2. The van der Waals surface area contributed by atoms with Crippen molar-refractivity contribution in [3.8, 4) is 0 Å². The van der Waals surface area contributed by atoms with E-state index in [1.165, 1.54) is 25.7 Å². The average Bonchev–Trinajstić information content (AvgIpc) is 2.87. The molecule has 0 aromatic rings. The molecule has 4 unspecified atom stereocenters. The molecule has 92 valence electrons. The maximum atomic E-state index is 11.8. The SMILES string of the molecule is CCC(CO)NC(=O)CC1CC2CCC1C2. The fraction of sp³-hybridized carbons (Fsp3) is 0.923. The van der Waals surface area contributed by atoms with Gasteiger partial charge in [-0.15, -0.1) is 0 Å². The molecule has 3 nitrogen and oxygen atoms in total. The molecule has 2 N–H and O–H groups in total. The molecule has 1 amide bonds. The zero-order chi connectivity index (χ0) is 11.5. The Labute approximate surface area is 97.6 Å². The zero-order valence-electron chi connectivity index (χ0n) is 10.1. The molecule has 2 aliphatic carbocycles. The largest absolute Gasteiger partial charge is 0.394 e. The first-order valence-electron chi connectivity index (χ1n) is 6.63. The van der Waals surface area contributed by atoms with E-state index in [1.54, 1.807) is 0 Å². The van der Waals surface area contributed by atoms with Crippen LogP contribution < -0.4 is 5.32 Å². The minimum absolute atomic E-state index is 0.0499. The summed E-state index contributed by atoms with van der Waals surface area (Å²) < 4.78 is 0. The van der Waals surface area contributed by atoms with E-state index in [9.17, 15) is 4.79 Å². The minimum Gasteiger partial charge on any atom is -0.394 e. The summed E-state index contributed by atoms with van der Waals surface area (Å²) in [5.41, 5.74) is 0. The molecular weight excluding hydrogens is 202 g/mol. The van der Waals surface area contributed by atoms with Crippen molar-refractivity contribution in [2.24, 2.45) is 17.8 Å². The van der Waals surface area contributed by atoms with Crippen molar-refractivity contribution in [3.05, 3.63) is 0 Å². The molecule has 2 rings (SSSR count). The lowest BCUT2D eigenvalue weighted by Gasteiger charge is -2.22. The van der Waals surface area contributed by atoms with Gasteiger partial charge in [0.15, 0.2) is 0 Å². The van der Waals surface area contributed by atoms with E-state index in [-0.39, 0.29) is 18.6 Å². The number of carbonyl (C=O) groups excluding carboxylic acids is 1. The van der Waals surface area contributed by atoms with E-state index in [0.717, 1.165) is 18.3 Å². The van der Waals surface area contributed by atoms with E-state index in [4.69, 9.17) is 5.11 Å². The van der Waals surface area contributed by atoms with Gasteiger partial charge in [-0.25, -0.2) is 0 Å². The molecular formula is C13H23NO2. The Hall–Kier alpha value is -0.570. The van der Waals surface area contributed by atoms with E-state index in [1.807, 2.05) is 6.92 Å². The molecule has 0 heterocycles. The van der Waals surface area contributed by atoms with Crippen molar-refractivity contribution in [1.29, 1.82) is 0 Å². The second-order valence-electron chi connectivity index (χ2n) is 5.49. The highest BCUT2D eigenvalue weighted by Gasteiger charge is 2.40. The number of rotatable bonds is 5. The third kappa shape index (κ3) is 2.57. The molecule has 2 saturated carbocycles. The Morgan fingerprint density at radius 2 is 2.25 bits per heavy atom. The van der Waals surface area contributed by atoms with Crippen LogP contribution in [0.4, 0.5) is 0 Å². The van der Waals surface area contributed by atoms with Gasteiger partial charge in [0.2, 0.25) is 5.91 Å². The first kappa shape index (κ1) is 11.9. The smallest absolute Gasteiger partial charge is 0.220 e. The van der Waals surface area contributed by atoms with Crippen molar-refractivity contribution >= 4 is 5.91 Å². The molecule has 3 heteroatoms. The Morgan fingerprint density at radius 1 is 1.44 bits per heavy atom. The van der Waals surface area contributed by atoms with Crippen LogP contribution in [0, 0.1) is 17.8 Å². The normalized spacial score (nSPS) is 34.0. The van der Waals surface area contributed by atoms with Gasteiger partial charge in [0.25, 0.3) is 0 Å². The van der Waals surface area contributed by atoms with E-state index in [0.29, 0.717) is 12.3 Å². The van der Waals surface area contributed by atoms with Crippen LogP contribution in [0.3, 0.4) is 0 Å². The monoisotopic (exact) mass is 225 g/mol. The standard InChI is InChI=1S/C13H23NO2/c1-2-12(8-15)14-13(16)7-11-6-9-3-4-10(11)5-9/h9-12,15H,2-8H2,1H3,(H,14,16). The van der Waals surface area contributed by atoms with Gasteiger partial charge in [-0.2, -0.15) is 0 Å². The molecule has 0 aromatic heterocycles. The summed E-state index contributed by atoms with van der Waals surface area (Å²) >= 11 is 0. The third-order valence-electron chi connectivity index (χ3n) is 4.41. The topological polar surface area (TPSA) is 49.3 Å². The van der Waals surface area contributed by atoms with Crippen molar-refractivity contribution in [1.82, 2.24) is 5.32 Å². The Bertz CT molecular complexity index is 250. The van der Waals surface area contributed by atoms with Crippen molar-refractivity contribution in [2.75, 3.05) is 6.61 Å². The number of carbonyl (C=O) groups is 1. The van der Waals surface area contributed by atoms with Crippen LogP contribution >= 0.6 is 0 Å². The second kappa shape index (κ2) is 5.17. The van der Waals surface area contributed by atoms with Crippen LogP contribution in [0.25, 0.3) is 0 Å². The maximum Gasteiger partial charge on any atom is 0.220 e. The summed E-state index contributed by atoms with van der Waals surface area (Å²) in [6, 6.07) is -0.0499. The Morgan fingerprint density at radius 3 is 2.75 bits per heavy atom. The molecule has 2 aliphatic rings. The molecule has 0 aromatic carbocycles. The first-order chi connectivity index (χ1) is 7.72. The highest BCUT2D eigenvalue weighted by atomic mass is 16.3. The molecule has 2 fully saturated rings. The minimum atomic E-state index is -0.0499. The van der Waals surface area contributed by atoms with Gasteiger partial charge in [0, 0.05) is 6.42 Å². The lowest BCUT2D eigenvalue weighted by Crippen LogP contribution is -2.38. The van der Waals surface area contributed by atoms with Gasteiger partial charge < -0.3 is 10.4 Å². The Kier molecular flexibility index (Phi) is 3.85. The lowest BCUT2D eigenvalue weighted by atomic mass is 9.86. The predicted octanol–water partition coefficient (Wildman–Crippen LogP) is 1.70. The molecule has 0 radical (unpaired) electrons. The van der Waals surface area contributed by atoms with E-state index >= 15 is 0 Å². The molecule has 0 aliphatic heterocycles. The van der Waals surface area contributed by atoms with Crippen molar-refractivity contribution < 1.29 is 9.90 Å². The quantitative estimate of drug-likeness (QED) is 0.748. The number of hydrogen-bond acceptors (Lipinski definition) is 2. The molecule has 0 spiro atoms. The number of aliphatic hydroxyl groups excluding tert-OH is 1. The summed E-state index contributed by atoms with van der Waals surface area (Å²) in [5, 5.41) is 11.9. The zero-order valence-corrected chi connectivity index (χ0v) is 10.1. The maximum absolute atomic E-state index is 11.8. The fourth-order valence-electron chi connectivity index (χ4n) is 3.43. The summed E-state index contributed by atoms with van der Waals surface area (Å²) in [4.78, 5) is 11.8. The van der Waals surface area contributed by atoms with Crippen molar-refractivity contribution in [3.63, 3.8) is 0 Å². The van der Waals surface area contributed by atoms with Gasteiger partial charge in [0.1, 0.15) is 0 Å². The Balaban J connectivity index is 1.75. The molecule has 2 bridgehead atoms. The number of nitrogens with one attached hydrogen (secondary N) is 1. The second-order valence-corrected chi connectivity index (χ2v) is 5.49. The number of fused-ring (bicyclic) bond motifs is 2. The highest BCUT2D eigenvalue weighted by Crippen LogP contribution is 2.49. The van der Waals surface area contributed by atoms with Gasteiger partial charge in [-0.1, -0.05) is 13.3 Å². The van der Waals surface area contributed by atoms with Gasteiger partial charge in [-0.3, -0.25) is 4.79 Å². The summed E-state index contributed by atoms with van der Waals surface area (Å²) in [5.74, 6) is 2.47. The van der Waals surface area contributed by atoms with Crippen LogP contribution in [0.2, 0.25) is 0 Å². The van der Waals surface area contributed by atoms with Crippen LogP contribution in [0.5, 0.6) is 0 Å². The van der Waals surface area contributed by atoms with Crippen LogP contribution in [0.1, 0.15) is 45.4 Å². The summed E-state index contributed by atoms with van der Waals surface area (Å²) in [6.45, 7) is 2.04. The summed E-state index contributed by atoms with van der Waals surface area (Å²) in [7, 11) is 0. The number of amides is 1. The summed E-state index contributed by atoms with van der Waals surface area (Å²) in [6.07, 6.45) is 6.82. The molecule has 0 saturated heterocycles. The van der Waals surface area contributed by atoms with Crippen LogP contribution in [-0.2, 0) is 4.79 Å². The van der Waals surface area contributed by atoms with E-state index < -0.39 is 0 Å². The average molecular weight is 225 g/mol.